The molecule has 0 saturated heterocycles. The number of hydrogen-bond acceptors (Lipinski definition) is 7. The van der Waals surface area contributed by atoms with Crippen molar-refractivity contribution in [3.63, 3.8) is 0 Å². The first-order valence-corrected chi connectivity index (χ1v) is 22.3. The predicted molar refractivity (Wildman–Crippen MR) is 236 cm³/mol. The lowest BCUT2D eigenvalue weighted by Crippen LogP contribution is -2.17. The van der Waals surface area contributed by atoms with Crippen molar-refractivity contribution >= 4 is 0 Å². The van der Waals surface area contributed by atoms with Gasteiger partial charge in [0.05, 0.1) is 39.6 Å². The molecule has 7 nitrogen and oxygen atoms in total. The Labute approximate surface area is 353 Å². The molecule has 8 rings (SSSR count). The van der Waals surface area contributed by atoms with Crippen LogP contribution in [0.2, 0.25) is 0 Å². The molecule has 0 unspecified atom stereocenters. The van der Waals surface area contributed by atoms with Crippen LogP contribution in [0.4, 0.5) is 0 Å². The van der Waals surface area contributed by atoms with Crippen molar-refractivity contribution in [1.29, 1.82) is 0 Å². The molecule has 2 N–H and O–H groups in total. The molecule has 4 aromatic rings. The molecule has 0 atom stereocenters. The van der Waals surface area contributed by atoms with E-state index in [4.69, 9.17) is 23.7 Å². The number of hydrogen-bond donors (Lipinski definition) is 2. The van der Waals surface area contributed by atoms with Gasteiger partial charge in [-0.1, -0.05) is 116 Å². The minimum Gasteiger partial charge on any atom is -0.507 e. The van der Waals surface area contributed by atoms with Gasteiger partial charge in [0.1, 0.15) is 36.2 Å². The zero-order valence-corrected chi connectivity index (χ0v) is 36.7. The van der Waals surface area contributed by atoms with Crippen molar-refractivity contribution in [2.24, 2.45) is 0 Å². The van der Waals surface area contributed by atoms with E-state index in [0.717, 1.165) is 81.7 Å². The summed E-state index contributed by atoms with van der Waals surface area (Å²) in [5, 5.41) is 24.9. The number of benzene rings is 4. The van der Waals surface area contributed by atoms with Crippen LogP contribution in [0.25, 0.3) is 0 Å². The summed E-state index contributed by atoms with van der Waals surface area (Å²) < 4.78 is 31.4. The molecule has 0 fully saturated rings. The van der Waals surface area contributed by atoms with E-state index >= 15 is 0 Å². The van der Waals surface area contributed by atoms with Crippen molar-refractivity contribution in [3.05, 3.63) is 115 Å². The van der Waals surface area contributed by atoms with E-state index in [9.17, 15) is 10.2 Å². The van der Waals surface area contributed by atoms with Crippen LogP contribution >= 0.6 is 0 Å². The summed E-state index contributed by atoms with van der Waals surface area (Å²) >= 11 is 0. The molecule has 0 saturated carbocycles. The fourth-order valence-electron chi connectivity index (χ4n) is 8.90. The molecule has 0 amide bonds. The number of aromatic hydroxyl groups is 2. The van der Waals surface area contributed by atoms with Gasteiger partial charge in [-0.3, -0.25) is 0 Å². The van der Waals surface area contributed by atoms with Crippen LogP contribution in [0.3, 0.4) is 0 Å². The summed E-state index contributed by atoms with van der Waals surface area (Å²) in [5.74, 6) is 2.26. The third kappa shape index (κ3) is 11.0. The van der Waals surface area contributed by atoms with E-state index in [1.807, 2.05) is 0 Å². The molecular formula is C52H68O7. The summed E-state index contributed by atoms with van der Waals surface area (Å²) in [6.07, 6.45) is 11.0. The van der Waals surface area contributed by atoms with Crippen molar-refractivity contribution < 1.29 is 33.9 Å². The lowest BCUT2D eigenvalue weighted by Gasteiger charge is -2.26. The third-order valence-electron chi connectivity index (χ3n) is 12.3. The molecule has 4 aromatic carbocycles. The fraction of sp³-hybridized carbons (Fsp3) is 0.538. The Kier molecular flexibility index (Phi) is 14.0. The van der Waals surface area contributed by atoms with Crippen molar-refractivity contribution in [3.8, 4) is 23.0 Å². The highest BCUT2D eigenvalue weighted by molar-refractivity contribution is 5.58. The molecule has 3 aliphatic carbocycles. The zero-order valence-electron chi connectivity index (χ0n) is 36.7. The number of ether oxygens (including phenoxy) is 5. The Morgan fingerprint density at radius 1 is 0.373 bits per heavy atom. The van der Waals surface area contributed by atoms with Crippen LogP contribution < -0.4 is 9.47 Å². The lowest BCUT2D eigenvalue weighted by molar-refractivity contribution is 0.00484. The maximum Gasteiger partial charge on any atom is 0.126 e. The Bertz CT molecular complexity index is 1820. The minimum absolute atomic E-state index is 0.152. The summed E-state index contributed by atoms with van der Waals surface area (Å²) in [6.45, 7) is 16.9. The van der Waals surface area contributed by atoms with E-state index in [2.05, 4.69) is 90.1 Å². The SMILES string of the molecule is CC(C)(C)c1cc2c(O)c(c1)Cc1cc3cc4c1OCCOCCOCCOCCOc1c(cc(cc1Cc1cc(C(C)(C)C)cc(c1O)C4)CCCCCCCC3)C2. The van der Waals surface area contributed by atoms with Gasteiger partial charge in [0, 0.05) is 25.7 Å². The maximum atomic E-state index is 12.4. The molecule has 0 aromatic heterocycles. The van der Waals surface area contributed by atoms with Crippen LogP contribution in [0.1, 0.15) is 147 Å². The fourth-order valence-corrected chi connectivity index (χ4v) is 8.90. The largest absolute Gasteiger partial charge is 0.507 e. The van der Waals surface area contributed by atoms with E-state index in [-0.39, 0.29) is 10.8 Å². The van der Waals surface area contributed by atoms with Gasteiger partial charge in [-0.25, -0.2) is 0 Å². The monoisotopic (exact) mass is 804 g/mol. The molecule has 12 bridgehead atoms. The number of aryl methyl sites for hydroxylation is 2. The van der Waals surface area contributed by atoms with Gasteiger partial charge in [0.2, 0.25) is 0 Å². The van der Waals surface area contributed by atoms with Crippen molar-refractivity contribution in [2.75, 3.05) is 52.9 Å². The Hall–Kier alpha value is -4.04. The Balaban J connectivity index is 1.54. The van der Waals surface area contributed by atoms with Crippen LogP contribution in [0.5, 0.6) is 23.0 Å². The average Bonchev–Trinajstić information content (AvgIpc) is 3.17. The number of fused-ring (bicyclic) bond motifs is 7. The first-order chi connectivity index (χ1) is 28.3. The summed E-state index contributed by atoms with van der Waals surface area (Å²) in [5.41, 5.74) is 12.3. The normalized spacial score (nSPS) is 17.9. The zero-order chi connectivity index (χ0) is 41.6. The van der Waals surface area contributed by atoms with Crippen LogP contribution in [0.15, 0.2) is 48.5 Å². The van der Waals surface area contributed by atoms with Gasteiger partial charge in [0.15, 0.2) is 0 Å². The van der Waals surface area contributed by atoms with Gasteiger partial charge in [-0.2, -0.15) is 0 Å². The molecule has 318 valence electrons. The molecule has 1 heterocycles. The first kappa shape index (κ1) is 43.1. The molecule has 1 aliphatic heterocycles. The highest BCUT2D eigenvalue weighted by Crippen LogP contribution is 2.42. The van der Waals surface area contributed by atoms with Crippen LogP contribution in [-0.4, -0.2) is 63.1 Å². The molecule has 0 radical (unpaired) electrons. The average molecular weight is 805 g/mol. The smallest absolute Gasteiger partial charge is 0.126 e. The number of phenols is 2. The van der Waals surface area contributed by atoms with Gasteiger partial charge in [0.25, 0.3) is 0 Å². The van der Waals surface area contributed by atoms with E-state index in [0.29, 0.717) is 90.0 Å². The highest BCUT2D eigenvalue weighted by atomic mass is 16.6. The van der Waals surface area contributed by atoms with Gasteiger partial charge < -0.3 is 33.9 Å². The minimum atomic E-state index is -0.152. The van der Waals surface area contributed by atoms with Crippen LogP contribution in [0, 0.1) is 0 Å². The van der Waals surface area contributed by atoms with E-state index in [1.165, 1.54) is 47.9 Å². The summed E-state index contributed by atoms with van der Waals surface area (Å²) in [4.78, 5) is 0. The van der Waals surface area contributed by atoms with Gasteiger partial charge in [-0.15, -0.1) is 0 Å². The second-order valence-corrected chi connectivity index (χ2v) is 19.1. The summed E-state index contributed by atoms with van der Waals surface area (Å²) in [6, 6.07) is 18.0. The standard InChI is InChI=1S/C52H68O7/c1-51(2,3)45-31-37-27-41-23-35-13-11-9-7-8-10-12-14-36-24-42(28-38(32-45)47(37)53)50-44(26-36)30-40-34-46(52(4,5)6)33-39(48(40)54)29-43(25-35)49(41)58-21-19-56-17-15-55-16-18-57-20-22-59-50/h23-26,31-34,53-54H,7-22,27-30H2,1-6H3. The van der Waals surface area contributed by atoms with Gasteiger partial charge in [-0.05, 0) is 103 Å². The molecule has 7 heteroatoms. The Morgan fingerprint density at radius 3 is 0.966 bits per heavy atom. The van der Waals surface area contributed by atoms with Crippen molar-refractivity contribution in [1.82, 2.24) is 0 Å². The topological polar surface area (TPSA) is 86.6 Å². The summed E-state index contributed by atoms with van der Waals surface area (Å²) in [7, 11) is 0. The number of rotatable bonds is 0. The second kappa shape index (κ2) is 19.1. The molecular weight excluding hydrogens is 737 g/mol. The highest BCUT2D eigenvalue weighted by Gasteiger charge is 2.26. The van der Waals surface area contributed by atoms with E-state index in [1.54, 1.807) is 0 Å². The lowest BCUT2D eigenvalue weighted by atomic mass is 9.81. The Morgan fingerprint density at radius 2 is 0.661 bits per heavy atom. The van der Waals surface area contributed by atoms with E-state index < -0.39 is 0 Å². The molecule has 59 heavy (non-hydrogen) atoms. The molecule has 0 spiro atoms. The van der Waals surface area contributed by atoms with Crippen LogP contribution in [-0.2, 0) is 63.6 Å². The second-order valence-electron chi connectivity index (χ2n) is 19.1. The third-order valence-corrected chi connectivity index (χ3v) is 12.3. The quantitative estimate of drug-likeness (QED) is 0.161. The molecule has 4 aliphatic rings. The maximum absolute atomic E-state index is 12.4. The van der Waals surface area contributed by atoms with Crippen molar-refractivity contribution in [2.45, 2.75) is 129 Å². The predicted octanol–water partition coefficient (Wildman–Crippen LogP) is 10.6. The first-order valence-electron chi connectivity index (χ1n) is 22.3. The number of phenolic OH excluding ortho intramolecular Hbond substituents is 2. The van der Waals surface area contributed by atoms with Gasteiger partial charge >= 0.3 is 0 Å².